The molecular formula is C24H23Cl2N3O2S. The van der Waals surface area contributed by atoms with E-state index in [1.54, 1.807) is 28.8 Å². The van der Waals surface area contributed by atoms with E-state index in [0.29, 0.717) is 38.3 Å². The number of fused-ring (bicyclic) bond motifs is 1. The minimum Gasteiger partial charge on any atom is -0.324 e. The number of thioether (sulfide) groups is 1. The Morgan fingerprint density at radius 3 is 2.78 bits per heavy atom. The summed E-state index contributed by atoms with van der Waals surface area (Å²) in [6.07, 6.45) is 7.73. The number of aromatic nitrogens is 2. The lowest BCUT2D eigenvalue weighted by molar-refractivity contribution is -0.113. The molecular weight excluding hydrogens is 465 g/mol. The van der Waals surface area contributed by atoms with Crippen LogP contribution in [0.25, 0.3) is 10.9 Å². The average molecular weight is 488 g/mol. The van der Waals surface area contributed by atoms with Crippen molar-refractivity contribution in [1.82, 2.24) is 9.55 Å². The first-order valence-corrected chi connectivity index (χ1v) is 12.3. The van der Waals surface area contributed by atoms with Crippen LogP contribution in [0.1, 0.15) is 32.1 Å². The molecule has 1 aliphatic carbocycles. The zero-order chi connectivity index (χ0) is 22.5. The number of nitrogens with zero attached hydrogens (tertiary/aromatic N) is 2. The highest BCUT2D eigenvalue weighted by atomic mass is 35.5. The highest BCUT2D eigenvalue weighted by Gasteiger charge is 2.15. The van der Waals surface area contributed by atoms with Gasteiger partial charge in [0.2, 0.25) is 5.91 Å². The molecule has 0 fully saturated rings. The molecule has 1 aliphatic rings. The summed E-state index contributed by atoms with van der Waals surface area (Å²) in [5.74, 6) is -0.154. The van der Waals surface area contributed by atoms with E-state index in [9.17, 15) is 9.59 Å². The molecule has 1 heterocycles. The fourth-order valence-electron chi connectivity index (χ4n) is 3.76. The predicted octanol–water partition coefficient (Wildman–Crippen LogP) is 6.32. The number of rotatable bonds is 7. The molecule has 5 nitrogen and oxygen atoms in total. The van der Waals surface area contributed by atoms with Crippen molar-refractivity contribution in [2.24, 2.45) is 0 Å². The third kappa shape index (κ3) is 5.37. The van der Waals surface area contributed by atoms with Crippen LogP contribution >= 0.6 is 35.0 Å². The Kier molecular flexibility index (Phi) is 7.55. The van der Waals surface area contributed by atoms with Crippen molar-refractivity contribution >= 4 is 57.5 Å². The summed E-state index contributed by atoms with van der Waals surface area (Å²) in [6, 6.07) is 12.4. The smallest absolute Gasteiger partial charge is 0.262 e. The van der Waals surface area contributed by atoms with Gasteiger partial charge in [0, 0.05) is 6.54 Å². The Morgan fingerprint density at radius 1 is 1.12 bits per heavy atom. The van der Waals surface area contributed by atoms with Gasteiger partial charge in [0.05, 0.1) is 32.4 Å². The minimum atomic E-state index is -0.247. The van der Waals surface area contributed by atoms with Crippen LogP contribution in [0.2, 0.25) is 10.0 Å². The largest absolute Gasteiger partial charge is 0.324 e. The molecule has 0 aliphatic heterocycles. The molecule has 0 saturated heterocycles. The van der Waals surface area contributed by atoms with Gasteiger partial charge >= 0.3 is 0 Å². The molecule has 0 radical (unpaired) electrons. The molecule has 3 aromatic rings. The normalized spacial score (nSPS) is 13.8. The second-order valence-electron chi connectivity index (χ2n) is 7.66. The van der Waals surface area contributed by atoms with Gasteiger partial charge in [-0.2, -0.15) is 0 Å². The average Bonchev–Trinajstić information content (AvgIpc) is 2.81. The number of hydrogen-bond acceptors (Lipinski definition) is 4. The number of benzene rings is 2. The molecule has 1 aromatic heterocycles. The summed E-state index contributed by atoms with van der Waals surface area (Å²) >= 11 is 13.4. The Hall–Kier alpha value is -2.28. The summed E-state index contributed by atoms with van der Waals surface area (Å²) < 4.78 is 1.70. The standard InChI is InChI=1S/C24H23Cl2N3O2S/c25-18-10-6-12-20(22(18)26)27-21(30)15-32-24-28-19-11-5-4-9-17(19)23(31)29(24)14-13-16-7-2-1-3-8-16/h4-7,9-12H,1-3,8,13-15H2,(H,27,30). The van der Waals surface area contributed by atoms with Crippen LogP contribution in [0.3, 0.4) is 0 Å². The molecule has 4 rings (SSSR count). The number of halogens is 2. The monoisotopic (exact) mass is 487 g/mol. The topological polar surface area (TPSA) is 64.0 Å². The van der Waals surface area contributed by atoms with E-state index < -0.39 is 0 Å². The SMILES string of the molecule is O=C(CSc1nc2ccccc2c(=O)n1CCC1=CCCCC1)Nc1cccc(Cl)c1Cl. The van der Waals surface area contributed by atoms with Gasteiger partial charge < -0.3 is 5.32 Å². The number of hydrogen-bond donors (Lipinski definition) is 1. The van der Waals surface area contributed by atoms with E-state index in [0.717, 1.165) is 19.3 Å². The van der Waals surface area contributed by atoms with Crippen molar-refractivity contribution in [3.05, 3.63) is 74.5 Å². The van der Waals surface area contributed by atoms with Gasteiger partial charge in [-0.3, -0.25) is 14.2 Å². The summed E-state index contributed by atoms with van der Waals surface area (Å²) in [5, 5.41) is 4.58. The number of nitrogens with one attached hydrogen (secondary N) is 1. The van der Waals surface area contributed by atoms with Gasteiger partial charge in [-0.1, -0.05) is 64.8 Å². The second kappa shape index (κ2) is 10.6. The zero-order valence-corrected chi connectivity index (χ0v) is 19.8. The molecule has 1 N–H and O–H groups in total. The van der Waals surface area contributed by atoms with Crippen molar-refractivity contribution in [2.45, 2.75) is 43.8 Å². The van der Waals surface area contributed by atoms with Crippen LogP contribution in [-0.4, -0.2) is 21.2 Å². The van der Waals surface area contributed by atoms with Crippen molar-refractivity contribution in [3.63, 3.8) is 0 Å². The van der Waals surface area contributed by atoms with Crippen molar-refractivity contribution in [3.8, 4) is 0 Å². The third-order valence-electron chi connectivity index (χ3n) is 5.43. The number of anilines is 1. The molecule has 2 aromatic carbocycles. The van der Waals surface area contributed by atoms with Crippen LogP contribution in [0.15, 0.2) is 64.1 Å². The molecule has 166 valence electrons. The van der Waals surface area contributed by atoms with Gasteiger partial charge in [0.1, 0.15) is 0 Å². The maximum Gasteiger partial charge on any atom is 0.262 e. The Balaban J connectivity index is 1.54. The zero-order valence-electron chi connectivity index (χ0n) is 17.4. The van der Waals surface area contributed by atoms with Crippen LogP contribution in [-0.2, 0) is 11.3 Å². The summed E-state index contributed by atoms with van der Waals surface area (Å²) in [6.45, 7) is 0.548. The van der Waals surface area contributed by atoms with Gasteiger partial charge in [-0.05, 0) is 56.4 Å². The van der Waals surface area contributed by atoms with Crippen molar-refractivity contribution in [1.29, 1.82) is 0 Å². The Morgan fingerprint density at radius 2 is 1.97 bits per heavy atom. The molecule has 0 unspecified atom stereocenters. The molecule has 32 heavy (non-hydrogen) atoms. The van der Waals surface area contributed by atoms with Crippen LogP contribution < -0.4 is 10.9 Å². The number of carbonyl (C=O) groups excluding carboxylic acids is 1. The Bertz CT molecular complexity index is 1240. The molecule has 0 bridgehead atoms. The van der Waals surface area contributed by atoms with E-state index in [4.69, 9.17) is 23.2 Å². The van der Waals surface area contributed by atoms with Gasteiger partial charge in [0.25, 0.3) is 5.56 Å². The first-order valence-electron chi connectivity index (χ1n) is 10.6. The Labute approximate surface area is 200 Å². The minimum absolute atomic E-state index is 0.0761. The second-order valence-corrected chi connectivity index (χ2v) is 9.39. The lowest BCUT2D eigenvalue weighted by atomic mass is 9.97. The van der Waals surface area contributed by atoms with E-state index in [1.165, 1.54) is 30.2 Å². The fourth-order valence-corrected chi connectivity index (χ4v) is 4.93. The summed E-state index contributed by atoms with van der Waals surface area (Å²) in [7, 11) is 0. The molecule has 1 amide bonds. The van der Waals surface area contributed by atoms with Gasteiger partial charge in [-0.25, -0.2) is 4.98 Å². The van der Waals surface area contributed by atoms with Crippen molar-refractivity contribution < 1.29 is 4.79 Å². The summed E-state index contributed by atoms with van der Waals surface area (Å²) in [4.78, 5) is 30.4. The molecule has 0 spiro atoms. The lowest BCUT2D eigenvalue weighted by Gasteiger charge is -2.16. The van der Waals surface area contributed by atoms with E-state index in [2.05, 4.69) is 16.4 Å². The van der Waals surface area contributed by atoms with Crippen LogP contribution in [0.4, 0.5) is 5.69 Å². The third-order valence-corrected chi connectivity index (χ3v) is 7.22. The first-order chi connectivity index (χ1) is 15.5. The van der Waals surface area contributed by atoms with E-state index >= 15 is 0 Å². The highest BCUT2D eigenvalue weighted by Crippen LogP contribution is 2.30. The molecule has 0 atom stereocenters. The van der Waals surface area contributed by atoms with E-state index in [1.807, 2.05) is 18.2 Å². The maximum absolute atomic E-state index is 13.2. The fraction of sp³-hybridized carbons (Fsp3) is 0.292. The highest BCUT2D eigenvalue weighted by molar-refractivity contribution is 7.99. The van der Waals surface area contributed by atoms with Crippen LogP contribution in [0, 0.1) is 0 Å². The van der Waals surface area contributed by atoms with Gasteiger partial charge in [0.15, 0.2) is 5.16 Å². The number of amides is 1. The first kappa shape index (κ1) is 22.9. The number of allylic oxidation sites excluding steroid dienone is 2. The van der Waals surface area contributed by atoms with E-state index in [-0.39, 0.29) is 17.2 Å². The lowest BCUT2D eigenvalue weighted by Crippen LogP contribution is -2.24. The van der Waals surface area contributed by atoms with Gasteiger partial charge in [-0.15, -0.1) is 0 Å². The summed E-state index contributed by atoms with van der Waals surface area (Å²) in [5.41, 5.74) is 2.40. The number of para-hydroxylation sites is 1. The quantitative estimate of drug-likeness (QED) is 0.240. The predicted molar refractivity (Wildman–Crippen MR) is 133 cm³/mol. The molecule has 0 saturated carbocycles. The van der Waals surface area contributed by atoms with Crippen LogP contribution in [0.5, 0.6) is 0 Å². The molecule has 8 heteroatoms. The number of carbonyl (C=O) groups is 1. The van der Waals surface area contributed by atoms with Crippen molar-refractivity contribution in [2.75, 3.05) is 11.1 Å². The maximum atomic E-state index is 13.2.